The molecule has 0 saturated heterocycles. The Morgan fingerprint density at radius 2 is 1.84 bits per heavy atom. The molecule has 0 radical (unpaired) electrons. The third kappa shape index (κ3) is 8.12. The largest absolute Gasteiger partial charge is 0.460 e. The van der Waals surface area contributed by atoms with Gasteiger partial charge in [0.05, 0.1) is 13.0 Å². The summed E-state index contributed by atoms with van der Waals surface area (Å²) in [7, 11) is 1.54. The summed E-state index contributed by atoms with van der Waals surface area (Å²) in [5.74, 6) is -0.294. The summed E-state index contributed by atoms with van der Waals surface area (Å²) in [5.41, 5.74) is 14.6. The van der Waals surface area contributed by atoms with Crippen LogP contribution in [0.5, 0.6) is 0 Å². The molecular weight excluding hydrogens is 484 g/mol. The number of carbonyl (C=O) groups excluding carboxylic acids is 2. The Kier molecular flexibility index (Phi) is 10.3. The van der Waals surface area contributed by atoms with Crippen molar-refractivity contribution in [3.8, 4) is 0 Å². The first-order valence-electron chi connectivity index (χ1n) is 12.2. The van der Waals surface area contributed by atoms with Gasteiger partial charge in [-0.25, -0.2) is 4.98 Å². The molecular formula is C28H34N6O4. The monoisotopic (exact) mass is 518 g/mol. The first kappa shape index (κ1) is 28.3. The minimum Gasteiger partial charge on any atom is -0.460 e. The molecule has 2 aromatic carbocycles. The quantitative estimate of drug-likeness (QED) is 0.153. The third-order valence-corrected chi connectivity index (χ3v) is 5.73. The maximum absolute atomic E-state index is 13.6. The molecule has 0 aliphatic rings. The maximum Gasteiger partial charge on any atom is 0.307 e. The van der Waals surface area contributed by atoms with Gasteiger partial charge in [-0.1, -0.05) is 18.2 Å². The van der Waals surface area contributed by atoms with Crippen LogP contribution in [-0.2, 0) is 14.3 Å². The molecule has 38 heavy (non-hydrogen) atoms. The summed E-state index contributed by atoms with van der Waals surface area (Å²) in [6, 6.07) is 19.1. The second kappa shape index (κ2) is 13.9. The van der Waals surface area contributed by atoms with Gasteiger partial charge in [0, 0.05) is 49.3 Å². The number of nitrogens with zero attached hydrogens (tertiary/aromatic N) is 2. The molecule has 0 bridgehead atoms. The number of nitrogens with two attached hydrogens (primary N) is 2. The zero-order chi connectivity index (χ0) is 27.5. The van der Waals surface area contributed by atoms with Crippen LogP contribution in [0.3, 0.4) is 0 Å². The lowest BCUT2D eigenvalue weighted by molar-refractivity contribution is -0.150. The van der Waals surface area contributed by atoms with E-state index in [0.717, 1.165) is 11.3 Å². The number of benzene rings is 2. The molecule has 3 aromatic rings. The molecule has 0 aliphatic heterocycles. The lowest BCUT2D eigenvalue weighted by Crippen LogP contribution is -2.34. The van der Waals surface area contributed by atoms with E-state index in [1.165, 1.54) is 12.0 Å². The Bertz CT molecular complexity index is 1220. The molecule has 0 saturated carbocycles. The summed E-state index contributed by atoms with van der Waals surface area (Å²) < 4.78 is 10.3. The van der Waals surface area contributed by atoms with E-state index in [0.29, 0.717) is 30.1 Å². The SMILES string of the molecule is COC[C@H](C)OC(=O)CCN(C(=O)c1cccc(C(N)CNc2ccc(C(=N)N)cc2)c1)c1ccccn1. The Hall–Kier alpha value is -4.28. The summed E-state index contributed by atoms with van der Waals surface area (Å²) in [6.07, 6.45) is 1.21. The highest BCUT2D eigenvalue weighted by Crippen LogP contribution is 2.19. The molecule has 1 heterocycles. The second-order valence-electron chi connectivity index (χ2n) is 8.75. The minimum atomic E-state index is -0.429. The van der Waals surface area contributed by atoms with Crippen molar-refractivity contribution >= 4 is 29.2 Å². The number of nitrogens with one attached hydrogen (secondary N) is 2. The number of pyridine rings is 1. The number of hydrogen-bond acceptors (Lipinski definition) is 8. The van der Waals surface area contributed by atoms with Crippen molar-refractivity contribution in [1.29, 1.82) is 5.41 Å². The fourth-order valence-corrected chi connectivity index (χ4v) is 3.76. The summed E-state index contributed by atoms with van der Waals surface area (Å²) in [5, 5.41) is 10.8. The van der Waals surface area contributed by atoms with Crippen molar-refractivity contribution in [2.24, 2.45) is 11.5 Å². The van der Waals surface area contributed by atoms with E-state index in [2.05, 4.69) is 10.3 Å². The van der Waals surface area contributed by atoms with Gasteiger partial charge in [-0.05, 0) is 61.0 Å². The molecule has 1 aromatic heterocycles. The van der Waals surface area contributed by atoms with E-state index in [1.54, 1.807) is 61.7 Å². The lowest BCUT2D eigenvalue weighted by atomic mass is 10.0. The van der Waals surface area contributed by atoms with Crippen LogP contribution in [0.2, 0.25) is 0 Å². The maximum atomic E-state index is 13.6. The first-order chi connectivity index (χ1) is 18.3. The molecule has 10 heteroatoms. The number of ether oxygens (including phenoxy) is 2. The van der Waals surface area contributed by atoms with Crippen molar-refractivity contribution in [3.05, 3.63) is 89.6 Å². The van der Waals surface area contributed by atoms with Crippen molar-refractivity contribution in [2.45, 2.75) is 25.5 Å². The highest BCUT2D eigenvalue weighted by molar-refractivity contribution is 6.06. The van der Waals surface area contributed by atoms with Gasteiger partial charge in [-0.3, -0.25) is 19.9 Å². The summed E-state index contributed by atoms with van der Waals surface area (Å²) in [6.45, 7) is 2.56. The molecule has 0 fully saturated rings. The molecule has 10 nitrogen and oxygen atoms in total. The van der Waals surface area contributed by atoms with E-state index in [-0.39, 0.29) is 30.8 Å². The molecule has 200 valence electrons. The van der Waals surface area contributed by atoms with Crippen molar-refractivity contribution in [3.63, 3.8) is 0 Å². The van der Waals surface area contributed by atoms with Crippen LogP contribution in [0.1, 0.15) is 40.9 Å². The fourth-order valence-electron chi connectivity index (χ4n) is 3.76. The summed E-state index contributed by atoms with van der Waals surface area (Å²) >= 11 is 0. The van der Waals surface area contributed by atoms with Gasteiger partial charge >= 0.3 is 5.97 Å². The van der Waals surface area contributed by atoms with Gasteiger partial charge in [0.2, 0.25) is 0 Å². The number of hydrogen-bond donors (Lipinski definition) is 4. The number of esters is 1. The molecule has 3 rings (SSSR count). The predicted octanol–water partition coefficient (Wildman–Crippen LogP) is 3.09. The Morgan fingerprint density at radius 1 is 1.08 bits per heavy atom. The Labute approximate surface area is 222 Å². The van der Waals surface area contributed by atoms with Crippen molar-refractivity contribution < 1.29 is 19.1 Å². The number of amides is 1. The zero-order valence-corrected chi connectivity index (χ0v) is 21.6. The van der Waals surface area contributed by atoms with Crippen LogP contribution in [0.15, 0.2) is 72.9 Å². The topological polar surface area (TPSA) is 157 Å². The number of methoxy groups -OCH3 is 1. The highest BCUT2D eigenvalue weighted by Gasteiger charge is 2.22. The van der Waals surface area contributed by atoms with Crippen LogP contribution < -0.4 is 21.7 Å². The van der Waals surface area contributed by atoms with Gasteiger partial charge in [0.25, 0.3) is 5.91 Å². The second-order valence-corrected chi connectivity index (χ2v) is 8.75. The van der Waals surface area contributed by atoms with E-state index < -0.39 is 12.0 Å². The van der Waals surface area contributed by atoms with Gasteiger partial charge in [-0.15, -0.1) is 0 Å². The van der Waals surface area contributed by atoms with Gasteiger partial charge in [0.15, 0.2) is 0 Å². The number of rotatable bonds is 13. The van der Waals surface area contributed by atoms with Crippen LogP contribution in [0, 0.1) is 5.41 Å². The molecule has 1 unspecified atom stereocenters. The molecule has 6 N–H and O–H groups in total. The number of amidine groups is 1. The minimum absolute atomic E-state index is 0.00190. The van der Waals surface area contributed by atoms with Crippen LogP contribution >= 0.6 is 0 Å². The van der Waals surface area contributed by atoms with Crippen LogP contribution in [-0.4, -0.2) is 55.6 Å². The van der Waals surface area contributed by atoms with Gasteiger partial charge < -0.3 is 26.3 Å². The van der Waals surface area contributed by atoms with E-state index in [9.17, 15) is 9.59 Å². The van der Waals surface area contributed by atoms with Crippen molar-refractivity contribution in [2.75, 3.05) is 37.0 Å². The molecule has 2 atom stereocenters. The third-order valence-electron chi connectivity index (χ3n) is 5.73. The Morgan fingerprint density at radius 3 is 2.50 bits per heavy atom. The first-order valence-corrected chi connectivity index (χ1v) is 12.2. The standard InChI is InChI=1S/C28H34N6O4/c1-19(18-37-2)38-26(35)13-15-34(25-8-3-4-14-32-25)28(36)22-7-5-6-21(16-22)24(29)17-33-23-11-9-20(10-12-23)27(30)31/h3-12,14,16,19,24,33H,13,15,17-18,29H2,1-2H3,(H3,30,31)/t19-,24?/m0/s1. The number of anilines is 2. The number of carbonyl (C=O) groups is 2. The average Bonchev–Trinajstić information content (AvgIpc) is 2.92. The number of nitrogen functional groups attached to an aromatic ring is 1. The normalized spacial score (nSPS) is 12.3. The van der Waals surface area contributed by atoms with E-state index in [1.807, 2.05) is 18.2 Å². The lowest BCUT2D eigenvalue weighted by Gasteiger charge is -2.23. The zero-order valence-electron chi connectivity index (χ0n) is 21.6. The molecule has 1 amide bonds. The van der Waals surface area contributed by atoms with E-state index >= 15 is 0 Å². The van der Waals surface area contributed by atoms with E-state index in [4.69, 9.17) is 26.4 Å². The molecule has 0 aliphatic carbocycles. The average molecular weight is 519 g/mol. The fraction of sp³-hybridized carbons (Fsp3) is 0.286. The molecule has 0 spiro atoms. The summed E-state index contributed by atoms with van der Waals surface area (Å²) in [4.78, 5) is 31.7. The van der Waals surface area contributed by atoms with Crippen LogP contribution in [0.25, 0.3) is 0 Å². The van der Waals surface area contributed by atoms with Gasteiger partial charge in [0.1, 0.15) is 17.8 Å². The number of aromatic nitrogens is 1. The highest BCUT2D eigenvalue weighted by atomic mass is 16.6. The van der Waals surface area contributed by atoms with Crippen molar-refractivity contribution in [1.82, 2.24) is 4.98 Å². The van der Waals surface area contributed by atoms with Crippen LogP contribution in [0.4, 0.5) is 11.5 Å². The smallest absolute Gasteiger partial charge is 0.307 e. The van der Waals surface area contributed by atoms with Gasteiger partial charge in [-0.2, -0.15) is 0 Å². The predicted molar refractivity (Wildman–Crippen MR) is 147 cm³/mol. The Balaban J connectivity index is 1.70.